The van der Waals surface area contributed by atoms with Crippen LogP contribution in [0.25, 0.3) is 0 Å². The van der Waals surface area contributed by atoms with Crippen LogP contribution in [0.3, 0.4) is 0 Å². The number of ether oxygens (including phenoxy) is 4. The Bertz CT molecular complexity index is 4260. The van der Waals surface area contributed by atoms with Crippen LogP contribution in [0.5, 0.6) is 23.0 Å². The number of hydrogen-bond donors (Lipinski definition) is 4. The number of carbonyl (C=O) groups is 12. The molecule has 4 atom stereocenters. The Balaban J connectivity index is 1.01. The summed E-state index contributed by atoms with van der Waals surface area (Å²) in [4.78, 5) is 175. The zero-order valence-corrected chi connectivity index (χ0v) is 61.0. The first-order valence-corrected chi connectivity index (χ1v) is 36.3. The second-order valence-corrected chi connectivity index (χ2v) is 27.4. The minimum Gasteiger partial charge on any atom is -0.493 e. The zero-order valence-electron chi connectivity index (χ0n) is 61.0. The maximum atomic E-state index is 14.9. The van der Waals surface area contributed by atoms with Crippen LogP contribution < -0.4 is 40.2 Å². The van der Waals surface area contributed by atoms with E-state index in [0.29, 0.717) is 93.2 Å². The van der Waals surface area contributed by atoms with Crippen LogP contribution in [0.15, 0.2) is 146 Å². The van der Waals surface area contributed by atoms with Crippen molar-refractivity contribution in [3.63, 3.8) is 0 Å². The minimum absolute atomic E-state index is 0.0834. The van der Waals surface area contributed by atoms with Crippen LogP contribution in [0.4, 0.5) is 22.7 Å². The molecule has 0 saturated heterocycles. The lowest BCUT2D eigenvalue weighted by Gasteiger charge is -2.26. The van der Waals surface area contributed by atoms with Gasteiger partial charge in [0.1, 0.15) is 47.2 Å². The molecule has 12 amide bonds. The predicted octanol–water partition coefficient (Wildman–Crippen LogP) is 12.0. The lowest BCUT2D eigenvalue weighted by molar-refractivity contribution is -0.120. The number of nitrogens with zero attached hydrogens (tertiary/aromatic N) is 4. The minimum atomic E-state index is -1.35. The second-order valence-electron chi connectivity index (χ2n) is 27.4. The normalized spacial score (nSPS) is 15.3. The van der Waals surface area contributed by atoms with Gasteiger partial charge in [-0.3, -0.25) is 77.1 Å². The first-order chi connectivity index (χ1) is 52.0. The Morgan fingerprint density at radius 3 is 0.574 bits per heavy atom. The van der Waals surface area contributed by atoms with Crippen molar-refractivity contribution in [3.8, 4) is 23.0 Å². The average molecular weight is 1460 g/mol. The highest BCUT2D eigenvalue weighted by atomic mass is 16.5. The molecule has 24 heteroatoms. The number of hydrogen-bond acceptors (Lipinski definition) is 16. The Labute approximate surface area is 623 Å². The largest absolute Gasteiger partial charge is 0.493 e. The van der Waals surface area contributed by atoms with Gasteiger partial charge in [-0.1, -0.05) is 76.2 Å². The molecule has 4 aliphatic heterocycles. The van der Waals surface area contributed by atoms with Gasteiger partial charge in [0.25, 0.3) is 47.3 Å². The Kier molecular flexibility index (Phi) is 21.0. The van der Waals surface area contributed by atoms with E-state index in [1.165, 1.54) is 76.2 Å². The summed E-state index contributed by atoms with van der Waals surface area (Å²) >= 11 is 0. The Morgan fingerprint density at radius 1 is 0.287 bits per heavy atom. The molecule has 552 valence electrons. The molecule has 13 rings (SSSR count). The lowest BCUT2D eigenvalue weighted by atomic mass is 9.90. The van der Waals surface area contributed by atoms with E-state index in [1.807, 2.05) is 27.7 Å². The van der Waals surface area contributed by atoms with Crippen molar-refractivity contribution in [1.29, 1.82) is 0 Å². The van der Waals surface area contributed by atoms with Crippen molar-refractivity contribution in [3.05, 3.63) is 235 Å². The number of fused-ring (bicyclic) bond motifs is 12. The molecule has 4 heterocycles. The van der Waals surface area contributed by atoms with Crippen molar-refractivity contribution in [2.24, 2.45) is 0 Å². The topological polar surface area (TPSA) is 303 Å². The molecule has 108 heavy (non-hydrogen) atoms. The molecular formula is C84H80N8O16. The highest BCUT2D eigenvalue weighted by Crippen LogP contribution is 2.44. The van der Waals surface area contributed by atoms with Crippen LogP contribution in [-0.2, 0) is 44.9 Å². The summed E-state index contributed by atoms with van der Waals surface area (Å²) < 4.78 is 27.6. The van der Waals surface area contributed by atoms with E-state index in [0.717, 1.165) is 19.6 Å². The van der Waals surface area contributed by atoms with E-state index >= 15 is 0 Å². The van der Waals surface area contributed by atoms with Crippen LogP contribution in [0.2, 0.25) is 0 Å². The highest BCUT2D eigenvalue weighted by molar-refractivity contribution is 6.26. The number of imide groups is 4. The number of nitrogens with one attached hydrogen (secondary N) is 4. The molecule has 0 spiro atoms. The molecule has 8 aromatic carbocycles. The summed E-state index contributed by atoms with van der Waals surface area (Å²) in [6, 6.07) is 33.5. The second kappa shape index (κ2) is 30.8. The predicted molar refractivity (Wildman–Crippen MR) is 400 cm³/mol. The fourth-order valence-corrected chi connectivity index (χ4v) is 14.4. The summed E-state index contributed by atoms with van der Waals surface area (Å²) in [5, 5.41) is 12.1. The third kappa shape index (κ3) is 13.9. The summed E-state index contributed by atoms with van der Waals surface area (Å²) in [6.45, 7) is 14.2. The summed E-state index contributed by atoms with van der Waals surface area (Å²) in [5.74, 6) is -6.71. The molecule has 1 aliphatic carbocycles. The first kappa shape index (κ1) is 73.7. The van der Waals surface area contributed by atoms with E-state index in [-0.39, 0.29) is 119 Å². The smallest absolute Gasteiger partial charge is 0.262 e. The fraction of sp³-hybridized carbons (Fsp3) is 0.286. The third-order valence-corrected chi connectivity index (χ3v) is 19.7. The number of benzene rings is 8. The lowest BCUT2D eigenvalue weighted by Crippen LogP contribution is -2.45. The van der Waals surface area contributed by atoms with Crippen LogP contribution >= 0.6 is 0 Å². The SMILES string of the molecule is CCCOc1c2cc(NC(=O)C(C)N3C(=O)c4ccccc4C3=O)cc1Cc1cc(NC(=O)C(C)N3C(=O)c4ccccc4C3=O)cc(c1OCCC)Cc1cc(NC(=O)C(C)N3C(=O)c4ccccc4C3=O)cc(c1OCCC)Cc1cc(NC(=O)C(C)N3C(=O)c4ccccc4C3=O)cc(c1OCCC)C2. The number of rotatable bonds is 24. The van der Waals surface area contributed by atoms with Gasteiger partial charge in [0, 0.05) is 92.9 Å². The van der Waals surface area contributed by atoms with Crippen LogP contribution in [0, 0.1) is 0 Å². The third-order valence-electron chi connectivity index (χ3n) is 19.7. The van der Waals surface area contributed by atoms with Gasteiger partial charge in [-0.05, 0) is 150 Å². The zero-order chi connectivity index (χ0) is 76.5. The maximum absolute atomic E-state index is 14.9. The van der Waals surface area contributed by atoms with Gasteiger partial charge in [0.05, 0.1) is 70.9 Å². The Morgan fingerprint density at radius 2 is 0.435 bits per heavy atom. The number of carbonyl (C=O) groups excluding carboxylic acids is 12. The van der Waals surface area contributed by atoms with Gasteiger partial charge in [-0.15, -0.1) is 0 Å². The fourth-order valence-electron chi connectivity index (χ4n) is 14.4. The monoisotopic (exact) mass is 1460 g/mol. The molecule has 8 aromatic rings. The quantitative estimate of drug-likeness (QED) is 0.0409. The van der Waals surface area contributed by atoms with Crippen LogP contribution in [-0.4, -0.2) is 141 Å². The van der Waals surface area contributed by atoms with Gasteiger partial charge in [0.15, 0.2) is 0 Å². The van der Waals surface area contributed by atoms with Crippen molar-refractivity contribution in [1.82, 2.24) is 19.6 Å². The average Bonchev–Trinajstić information content (AvgIpc) is 1.62. The maximum Gasteiger partial charge on any atom is 0.262 e. The van der Waals surface area contributed by atoms with Gasteiger partial charge in [-0.25, -0.2) is 0 Å². The van der Waals surface area contributed by atoms with Gasteiger partial charge < -0.3 is 40.2 Å². The summed E-state index contributed by atoms with van der Waals surface area (Å²) in [7, 11) is 0. The Hall–Kier alpha value is -12.6. The van der Waals surface area contributed by atoms with Gasteiger partial charge in [-0.2, -0.15) is 0 Å². The van der Waals surface area contributed by atoms with Crippen LogP contribution in [0.1, 0.15) is 208 Å². The standard InChI is InChI=1S/C84H80N8O16/c1-9-29-105-69-49-33-51-39-58(86-74(94)46(6)90-79(99)63-23-15-16-24-64(63)80(90)100)41-53(70(51)106-30-10-2)35-55-43-60(88-76(96)48(8)92-83(103)67-27-19-20-28-68(67)84(92)104)44-56(72(55)108-32-12-4)36-54-42-59(87-75(95)47(7)91-81(101)65-25-17-18-26-66(65)82(91)102)40-52(71(54)107-31-11-3)34-50(69)38-57(37-49)85-73(93)45(5)89-77(97)61-21-13-14-22-62(61)78(89)98/h13-28,37-48H,9-12,29-36H2,1-8H3,(H,85,93)(H,86,94)(H,87,95)(H,88,96). The molecule has 0 fully saturated rings. The molecule has 0 aromatic heterocycles. The number of anilines is 4. The molecule has 4 unspecified atom stereocenters. The van der Waals surface area contributed by atoms with Crippen molar-refractivity contribution < 1.29 is 76.5 Å². The summed E-state index contributed by atoms with van der Waals surface area (Å²) in [6.07, 6.45) is 1.73. The van der Waals surface area contributed by atoms with Crippen molar-refractivity contribution in [2.75, 3.05) is 47.7 Å². The molecular weight excluding hydrogens is 1380 g/mol. The molecule has 8 bridgehead atoms. The number of amides is 12. The first-order valence-electron chi connectivity index (χ1n) is 36.3. The summed E-state index contributed by atoms with van der Waals surface area (Å²) in [5.41, 5.74) is 5.59. The molecule has 5 aliphatic rings. The van der Waals surface area contributed by atoms with Gasteiger partial charge in [0.2, 0.25) is 23.6 Å². The van der Waals surface area contributed by atoms with Gasteiger partial charge >= 0.3 is 0 Å². The highest BCUT2D eigenvalue weighted by Gasteiger charge is 2.45. The van der Waals surface area contributed by atoms with Crippen molar-refractivity contribution >= 4 is 93.6 Å². The molecule has 24 nitrogen and oxygen atoms in total. The molecule has 0 saturated carbocycles. The molecule has 0 radical (unpaired) electrons. The van der Waals surface area contributed by atoms with Crippen molar-refractivity contribution in [2.45, 2.75) is 131 Å². The van der Waals surface area contributed by atoms with E-state index in [9.17, 15) is 57.5 Å². The van der Waals surface area contributed by atoms with E-state index in [2.05, 4.69) is 21.3 Å². The van der Waals surface area contributed by atoms with E-state index in [1.54, 1.807) is 97.1 Å². The van der Waals surface area contributed by atoms with E-state index < -0.39 is 95.1 Å². The molecule has 4 N–H and O–H groups in total. The van der Waals surface area contributed by atoms with E-state index in [4.69, 9.17) is 18.9 Å².